The van der Waals surface area contributed by atoms with Crippen LogP contribution in [0.3, 0.4) is 0 Å². The van der Waals surface area contributed by atoms with Crippen molar-refractivity contribution in [1.29, 1.82) is 0 Å². The fraction of sp³-hybridized carbons (Fsp3) is 0.261. The van der Waals surface area contributed by atoms with Crippen molar-refractivity contribution < 1.29 is 19.3 Å². The molecule has 10 nitrogen and oxygen atoms in total. The number of hydrogen-bond acceptors (Lipinski definition) is 8. The maximum atomic E-state index is 12.5. The first-order valence-corrected chi connectivity index (χ1v) is 11.6. The number of fused-ring (bicyclic) bond motifs is 1. The Labute approximate surface area is 198 Å². The van der Waals surface area contributed by atoms with Gasteiger partial charge in [0.2, 0.25) is 5.91 Å². The van der Waals surface area contributed by atoms with Crippen molar-refractivity contribution in [3.63, 3.8) is 0 Å². The van der Waals surface area contributed by atoms with Crippen LogP contribution in [0.2, 0.25) is 0 Å². The van der Waals surface area contributed by atoms with Crippen LogP contribution in [0.15, 0.2) is 48.1 Å². The lowest BCUT2D eigenvalue weighted by atomic mass is 10.1. The van der Waals surface area contributed by atoms with Crippen LogP contribution in [0.1, 0.15) is 52.1 Å². The van der Waals surface area contributed by atoms with Gasteiger partial charge in [0, 0.05) is 42.4 Å². The molecule has 0 fully saturated rings. The number of thiazole rings is 1. The standard InChI is InChI=1S/C23H21N5O5S/c29-19(25-13-16-14-34-21(26-16)15-6-5-10-24-12-15)9-2-1-3-11-27-22(30)17-7-4-8-18(28(32)33)20(17)23(27)31/h4-8,10,12,14H,1-3,9,11,13H2,(H,25,29). The number of benzene rings is 1. The molecule has 0 radical (unpaired) electrons. The summed E-state index contributed by atoms with van der Waals surface area (Å²) >= 11 is 1.49. The van der Waals surface area contributed by atoms with Gasteiger partial charge >= 0.3 is 0 Å². The maximum Gasteiger partial charge on any atom is 0.282 e. The van der Waals surface area contributed by atoms with Crippen LogP contribution in [0, 0.1) is 10.1 Å². The molecule has 3 amide bonds. The number of nitro benzene ring substituents is 1. The van der Waals surface area contributed by atoms with E-state index in [1.165, 1.54) is 29.5 Å². The first-order chi connectivity index (χ1) is 16.5. The lowest BCUT2D eigenvalue weighted by molar-refractivity contribution is -0.385. The average Bonchev–Trinajstić information content (AvgIpc) is 3.42. The Morgan fingerprint density at radius 3 is 2.74 bits per heavy atom. The summed E-state index contributed by atoms with van der Waals surface area (Å²) in [6.07, 6.45) is 5.48. The normalized spacial score (nSPS) is 12.6. The predicted octanol–water partition coefficient (Wildman–Crippen LogP) is 3.59. The summed E-state index contributed by atoms with van der Waals surface area (Å²) in [7, 11) is 0. The Morgan fingerprint density at radius 2 is 1.97 bits per heavy atom. The number of imide groups is 1. The number of nitro groups is 1. The Kier molecular flexibility index (Phi) is 7.02. The summed E-state index contributed by atoms with van der Waals surface area (Å²) in [4.78, 5) is 57.3. The van der Waals surface area contributed by atoms with Gasteiger partial charge in [-0.1, -0.05) is 12.5 Å². The Morgan fingerprint density at radius 1 is 1.12 bits per heavy atom. The van der Waals surface area contributed by atoms with Gasteiger partial charge in [0.15, 0.2) is 0 Å². The highest BCUT2D eigenvalue weighted by Crippen LogP contribution is 2.31. The third kappa shape index (κ3) is 4.99. The lowest BCUT2D eigenvalue weighted by Gasteiger charge is -2.13. The minimum atomic E-state index is -0.655. The second kappa shape index (κ2) is 10.3. The first kappa shape index (κ1) is 23.2. The molecular weight excluding hydrogens is 458 g/mol. The van der Waals surface area contributed by atoms with E-state index in [1.807, 2.05) is 17.5 Å². The largest absolute Gasteiger partial charge is 0.350 e. The summed E-state index contributed by atoms with van der Waals surface area (Å²) < 4.78 is 0. The molecule has 2 aromatic heterocycles. The van der Waals surface area contributed by atoms with Crippen molar-refractivity contribution in [3.8, 4) is 10.6 Å². The zero-order valence-electron chi connectivity index (χ0n) is 18.1. The molecule has 3 heterocycles. The summed E-state index contributed by atoms with van der Waals surface area (Å²) in [6.45, 7) is 0.491. The number of aromatic nitrogens is 2. The molecular formula is C23H21N5O5S. The van der Waals surface area contributed by atoms with Gasteiger partial charge in [0.25, 0.3) is 17.5 Å². The topological polar surface area (TPSA) is 135 Å². The number of nitrogens with zero attached hydrogens (tertiary/aromatic N) is 4. The molecule has 1 aliphatic heterocycles. The van der Waals surface area contributed by atoms with Crippen LogP contribution in [-0.2, 0) is 11.3 Å². The van der Waals surface area contributed by atoms with Gasteiger partial charge in [0.1, 0.15) is 10.6 Å². The number of nitrogens with one attached hydrogen (secondary N) is 1. The maximum absolute atomic E-state index is 12.5. The van der Waals surface area contributed by atoms with E-state index in [-0.39, 0.29) is 29.3 Å². The number of carbonyl (C=O) groups is 3. The highest BCUT2D eigenvalue weighted by molar-refractivity contribution is 7.13. The van der Waals surface area contributed by atoms with Gasteiger partial charge < -0.3 is 5.32 Å². The molecule has 1 aromatic carbocycles. The number of unbranched alkanes of at least 4 members (excludes halogenated alkanes) is 2. The molecule has 174 valence electrons. The molecule has 0 bridgehead atoms. The number of pyridine rings is 1. The Hall–Kier alpha value is -3.99. The van der Waals surface area contributed by atoms with Crippen LogP contribution in [0.5, 0.6) is 0 Å². The van der Waals surface area contributed by atoms with Crippen LogP contribution in [-0.4, -0.2) is 44.1 Å². The molecule has 11 heteroatoms. The summed E-state index contributed by atoms with van der Waals surface area (Å²) in [5, 5.41) is 16.8. The van der Waals surface area contributed by atoms with E-state index in [1.54, 1.807) is 12.4 Å². The van der Waals surface area contributed by atoms with Crippen LogP contribution in [0.4, 0.5) is 5.69 Å². The van der Waals surface area contributed by atoms with E-state index in [0.29, 0.717) is 32.2 Å². The Balaban J connectivity index is 1.18. The molecule has 34 heavy (non-hydrogen) atoms. The monoisotopic (exact) mass is 479 g/mol. The Bertz CT molecular complexity index is 1240. The van der Waals surface area contributed by atoms with E-state index in [2.05, 4.69) is 15.3 Å². The third-order valence-electron chi connectivity index (χ3n) is 5.39. The number of hydrogen-bond donors (Lipinski definition) is 1. The molecule has 0 spiro atoms. The van der Waals surface area contributed by atoms with Crippen LogP contribution < -0.4 is 5.32 Å². The molecule has 1 aliphatic rings. The van der Waals surface area contributed by atoms with Crippen molar-refractivity contribution >= 4 is 34.7 Å². The van der Waals surface area contributed by atoms with Gasteiger partial charge in [-0.2, -0.15) is 0 Å². The van der Waals surface area contributed by atoms with Crippen molar-refractivity contribution in [3.05, 3.63) is 75.0 Å². The smallest absolute Gasteiger partial charge is 0.282 e. The van der Waals surface area contributed by atoms with Gasteiger partial charge in [-0.3, -0.25) is 34.4 Å². The van der Waals surface area contributed by atoms with Crippen LogP contribution in [0.25, 0.3) is 10.6 Å². The SMILES string of the molecule is O=C(CCCCCN1C(=O)c2cccc([N+](=O)[O-])c2C1=O)NCc1csc(-c2cccnc2)n1. The summed E-state index contributed by atoms with van der Waals surface area (Å²) in [5.41, 5.74) is 1.26. The average molecular weight is 480 g/mol. The number of carbonyl (C=O) groups excluding carboxylic acids is 3. The molecule has 0 aliphatic carbocycles. The van der Waals surface area contributed by atoms with Crippen molar-refractivity contribution in [2.45, 2.75) is 32.2 Å². The third-order valence-corrected chi connectivity index (χ3v) is 6.33. The number of rotatable bonds is 10. The summed E-state index contributed by atoms with van der Waals surface area (Å²) in [5.74, 6) is -1.26. The second-order valence-electron chi connectivity index (χ2n) is 7.69. The molecule has 0 atom stereocenters. The van der Waals surface area contributed by atoms with Gasteiger partial charge in [-0.15, -0.1) is 11.3 Å². The first-order valence-electron chi connectivity index (χ1n) is 10.7. The predicted molar refractivity (Wildman–Crippen MR) is 124 cm³/mol. The van der Waals surface area contributed by atoms with Gasteiger partial charge in [-0.05, 0) is 31.0 Å². The molecule has 0 saturated carbocycles. The fourth-order valence-corrected chi connectivity index (χ4v) is 4.50. The number of amides is 3. The van der Waals surface area contributed by atoms with Crippen molar-refractivity contribution in [2.75, 3.05) is 6.54 Å². The zero-order valence-corrected chi connectivity index (χ0v) is 18.9. The zero-order chi connectivity index (χ0) is 24.1. The highest BCUT2D eigenvalue weighted by atomic mass is 32.1. The van der Waals surface area contributed by atoms with Gasteiger partial charge in [-0.25, -0.2) is 4.98 Å². The van der Waals surface area contributed by atoms with Crippen LogP contribution >= 0.6 is 11.3 Å². The minimum Gasteiger partial charge on any atom is -0.350 e. The minimum absolute atomic E-state index is 0.0623. The lowest BCUT2D eigenvalue weighted by Crippen LogP contribution is -2.30. The van der Waals surface area contributed by atoms with E-state index in [9.17, 15) is 24.5 Å². The molecule has 0 unspecified atom stereocenters. The van der Waals surface area contributed by atoms with E-state index in [4.69, 9.17) is 0 Å². The van der Waals surface area contributed by atoms with Gasteiger partial charge in [0.05, 0.1) is 22.7 Å². The quantitative estimate of drug-likeness (QED) is 0.203. The van der Waals surface area contributed by atoms with Crippen molar-refractivity contribution in [2.24, 2.45) is 0 Å². The van der Waals surface area contributed by atoms with E-state index < -0.39 is 16.7 Å². The molecule has 4 rings (SSSR count). The van der Waals surface area contributed by atoms with E-state index in [0.717, 1.165) is 21.2 Å². The molecule has 1 N–H and O–H groups in total. The summed E-state index contributed by atoms with van der Waals surface area (Å²) in [6, 6.07) is 7.82. The molecule has 3 aromatic rings. The second-order valence-corrected chi connectivity index (χ2v) is 8.55. The van der Waals surface area contributed by atoms with Crippen molar-refractivity contribution in [1.82, 2.24) is 20.2 Å². The fourth-order valence-electron chi connectivity index (χ4n) is 3.69. The molecule has 0 saturated heterocycles. The van der Waals surface area contributed by atoms with E-state index >= 15 is 0 Å². The highest BCUT2D eigenvalue weighted by Gasteiger charge is 2.40.